The second kappa shape index (κ2) is 8.17. The molecule has 1 heterocycles. The van der Waals surface area contributed by atoms with E-state index in [4.69, 9.17) is 9.47 Å². The van der Waals surface area contributed by atoms with Gasteiger partial charge in [-0.05, 0) is 32.8 Å². The van der Waals surface area contributed by atoms with E-state index >= 15 is 0 Å². The Kier molecular flexibility index (Phi) is 6.18. The van der Waals surface area contributed by atoms with Gasteiger partial charge in [0.1, 0.15) is 18.2 Å². The first-order chi connectivity index (χ1) is 12.2. The van der Waals surface area contributed by atoms with Gasteiger partial charge in [-0.3, -0.25) is 9.59 Å². The SMILES string of the molecule is C=CC[C@H](CC(=O)OC(C)(C)C)C(=O)N1C(=O)OC[C@@H]1c1ccccc1. The van der Waals surface area contributed by atoms with Crippen LogP contribution in [0.2, 0.25) is 0 Å². The molecule has 0 spiro atoms. The normalized spacial score (nSPS) is 18.2. The summed E-state index contributed by atoms with van der Waals surface area (Å²) in [6.07, 6.45) is 1.02. The van der Waals surface area contributed by atoms with Crippen LogP contribution in [0, 0.1) is 5.92 Å². The van der Waals surface area contributed by atoms with E-state index in [0.717, 1.165) is 10.5 Å². The molecule has 0 aliphatic carbocycles. The summed E-state index contributed by atoms with van der Waals surface area (Å²) in [5, 5.41) is 0. The molecule has 1 aromatic carbocycles. The number of carbonyl (C=O) groups is 3. The fourth-order valence-electron chi connectivity index (χ4n) is 2.84. The average molecular weight is 359 g/mol. The Morgan fingerprint density at radius 2 is 2.00 bits per heavy atom. The summed E-state index contributed by atoms with van der Waals surface area (Å²) in [4.78, 5) is 38.4. The van der Waals surface area contributed by atoms with E-state index in [1.165, 1.54) is 0 Å². The number of hydrogen-bond acceptors (Lipinski definition) is 5. The predicted molar refractivity (Wildman–Crippen MR) is 96.1 cm³/mol. The third-order valence-electron chi connectivity index (χ3n) is 3.93. The van der Waals surface area contributed by atoms with Gasteiger partial charge in [0, 0.05) is 0 Å². The Labute approximate surface area is 153 Å². The molecule has 2 rings (SSSR count). The second-order valence-corrected chi connectivity index (χ2v) is 7.22. The van der Waals surface area contributed by atoms with Crippen LogP contribution < -0.4 is 0 Å². The Bertz CT molecular complexity index is 677. The number of ether oxygens (including phenoxy) is 2. The number of amides is 2. The van der Waals surface area contributed by atoms with E-state index in [1.54, 1.807) is 26.8 Å². The first-order valence-corrected chi connectivity index (χ1v) is 8.60. The molecule has 0 saturated carbocycles. The highest BCUT2D eigenvalue weighted by Crippen LogP contribution is 2.30. The van der Waals surface area contributed by atoms with Crippen molar-refractivity contribution in [3.8, 4) is 0 Å². The van der Waals surface area contributed by atoms with Crippen molar-refractivity contribution < 1.29 is 23.9 Å². The van der Waals surface area contributed by atoms with Crippen molar-refractivity contribution in [2.45, 2.75) is 45.3 Å². The van der Waals surface area contributed by atoms with Gasteiger partial charge < -0.3 is 9.47 Å². The lowest BCUT2D eigenvalue weighted by atomic mass is 9.97. The Balaban J connectivity index is 2.19. The van der Waals surface area contributed by atoms with Crippen molar-refractivity contribution in [3.63, 3.8) is 0 Å². The molecule has 1 aromatic rings. The summed E-state index contributed by atoms with van der Waals surface area (Å²) >= 11 is 0. The van der Waals surface area contributed by atoms with Crippen LogP contribution in [0.5, 0.6) is 0 Å². The maximum absolute atomic E-state index is 13.0. The van der Waals surface area contributed by atoms with Crippen LogP contribution >= 0.6 is 0 Å². The smallest absolute Gasteiger partial charge is 0.417 e. The van der Waals surface area contributed by atoms with Crippen LogP contribution in [-0.4, -0.2) is 35.1 Å². The molecule has 1 fully saturated rings. The van der Waals surface area contributed by atoms with Crippen LogP contribution in [0.1, 0.15) is 45.2 Å². The molecule has 140 valence electrons. The Morgan fingerprint density at radius 3 is 2.58 bits per heavy atom. The van der Waals surface area contributed by atoms with Crippen molar-refractivity contribution in [3.05, 3.63) is 48.6 Å². The summed E-state index contributed by atoms with van der Waals surface area (Å²) < 4.78 is 10.4. The molecule has 2 amide bonds. The molecule has 6 nitrogen and oxygen atoms in total. The zero-order chi connectivity index (χ0) is 19.3. The van der Waals surface area contributed by atoms with Crippen molar-refractivity contribution in [1.82, 2.24) is 4.90 Å². The Hall–Kier alpha value is -2.63. The fourth-order valence-corrected chi connectivity index (χ4v) is 2.84. The number of rotatable bonds is 6. The van der Waals surface area contributed by atoms with Crippen LogP contribution in [0.4, 0.5) is 4.79 Å². The number of nitrogens with zero attached hydrogens (tertiary/aromatic N) is 1. The van der Waals surface area contributed by atoms with E-state index in [-0.39, 0.29) is 19.4 Å². The lowest BCUT2D eigenvalue weighted by Gasteiger charge is -2.25. The van der Waals surface area contributed by atoms with Crippen molar-refractivity contribution >= 4 is 18.0 Å². The Morgan fingerprint density at radius 1 is 1.35 bits per heavy atom. The van der Waals surface area contributed by atoms with Gasteiger partial charge in [-0.1, -0.05) is 36.4 Å². The number of carbonyl (C=O) groups excluding carboxylic acids is 3. The van der Waals surface area contributed by atoms with Gasteiger partial charge in [-0.15, -0.1) is 6.58 Å². The third-order valence-corrected chi connectivity index (χ3v) is 3.93. The summed E-state index contributed by atoms with van der Waals surface area (Å²) in [6, 6.07) is 8.70. The van der Waals surface area contributed by atoms with Crippen molar-refractivity contribution in [1.29, 1.82) is 0 Å². The topological polar surface area (TPSA) is 72.9 Å². The lowest BCUT2D eigenvalue weighted by Crippen LogP contribution is -2.40. The minimum absolute atomic E-state index is 0.0990. The molecule has 1 saturated heterocycles. The molecule has 0 aromatic heterocycles. The van der Waals surface area contributed by atoms with E-state index in [0.29, 0.717) is 0 Å². The highest BCUT2D eigenvalue weighted by Gasteiger charge is 2.42. The highest BCUT2D eigenvalue weighted by atomic mass is 16.6. The van der Waals surface area contributed by atoms with Crippen LogP contribution in [0.25, 0.3) is 0 Å². The number of hydrogen-bond donors (Lipinski definition) is 0. The van der Waals surface area contributed by atoms with Gasteiger partial charge in [0.25, 0.3) is 0 Å². The molecule has 0 N–H and O–H groups in total. The molecule has 0 bridgehead atoms. The maximum Gasteiger partial charge on any atom is 0.417 e. The molecule has 26 heavy (non-hydrogen) atoms. The summed E-state index contributed by atoms with van der Waals surface area (Å²) in [5.74, 6) is -1.66. The zero-order valence-electron chi connectivity index (χ0n) is 15.4. The molecule has 1 aliphatic heterocycles. The number of benzene rings is 1. The minimum atomic E-state index is -0.723. The molecular formula is C20H25NO5. The number of imide groups is 1. The van der Waals surface area contributed by atoms with Gasteiger partial charge >= 0.3 is 12.1 Å². The first kappa shape index (κ1) is 19.7. The van der Waals surface area contributed by atoms with E-state index in [9.17, 15) is 14.4 Å². The highest BCUT2D eigenvalue weighted by molar-refractivity contribution is 5.96. The quantitative estimate of drug-likeness (QED) is 0.573. The number of esters is 1. The molecular weight excluding hydrogens is 334 g/mol. The van der Waals surface area contributed by atoms with Crippen LogP contribution in [-0.2, 0) is 19.1 Å². The van der Waals surface area contributed by atoms with E-state index in [1.807, 2.05) is 30.3 Å². The minimum Gasteiger partial charge on any atom is -0.460 e. The van der Waals surface area contributed by atoms with Crippen LogP contribution in [0.3, 0.4) is 0 Å². The number of cyclic esters (lactones) is 1. The van der Waals surface area contributed by atoms with E-state index < -0.39 is 35.5 Å². The summed E-state index contributed by atoms with van der Waals surface area (Å²) in [7, 11) is 0. The molecule has 1 aliphatic rings. The van der Waals surface area contributed by atoms with Crippen LogP contribution in [0.15, 0.2) is 43.0 Å². The third kappa shape index (κ3) is 4.94. The molecule has 0 radical (unpaired) electrons. The maximum atomic E-state index is 13.0. The first-order valence-electron chi connectivity index (χ1n) is 8.60. The van der Waals surface area contributed by atoms with Gasteiger partial charge in [-0.25, -0.2) is 9.69 Å². The molecule has 2 atom stereocenters. The zero-order valence-corrected chi connectivity index (χ0v) is 15.4. The summed E-state index contributed by atoms with van der Waals surface area (Å²) in [6.45, 7) is 9.03. The van der Waals surface area contributed by atoms with Gasteiger partial charge in [0.2, 0.25) is 5.91 Å². The van der Waals surface area contributed by atoms with Crippen molar-refractivity contribution in [2.75, 3.05) is 6.61 Å². The fraction of sp³-hybridized carbons (Fsp3) is 0.450. The average Bonchev–Trinajstić information content (AvgIpc) is 2.94. The van der Waals surface area contributed by atoms with E-state index in [2.05, 4.69) is 6.58 Å². The molecule has 0 unspecified atom stereocenters. The lowest BCUT2D eigenvalue weighted by molar-refractivity contribution is -0.158. The molecule has 6 heteroatoms. The number of allylic oxidation sites excluding steroid dienone is 1. The largest absolute Gasteiger partial charge is 0.460 e. The second-order valence-electron chi connectivity index (χ2n) is 7.22. The summed E-state index contributed by atoms with van der Waals surface area (Å²) in [5.41, 5.74) is 0.166. The van der Waals surface area contributed by atoms with Gasteiger partial charge in [0.15, 0.2) is 0 Å². The van der Waals surface area contributed by atoms with Crippen molar-refractivity contribution in [2.24, 2.45) is 5.92 Å². The monoisotopic (exact) mass is 359 g/mol. The predicted octanol–water partition coefficient (Wildman–Crippen LogP) is 3.63. The van der Waals surface area contributed by atoms with Gasteiger partial charge in [-0.2, -0.15) is 0 Å². The van der Waals surface area contributed by atoms with Gasteiger partial charge in [0.05, 0.1) is 12.3 Å². The standard InChI is InChI=1S/C20H25NO5/c1-5-9-15(12-17(22)26-20(2,3)4)18(23)21-16(13-25-19(21)24)14-10-7-6-8-11-14/h5-8,10-11,15-16H,1,9,12-13H2,2-4H3/t15-,16-/m1/s1.